The van der Waals surface area contributed by atoms with Crippen molar-refractivity contribution in [2.45, 2.75) is 64.0 Å². The highest BCUT2D eigenvalue weighted by Crippen LogP contribution is 2.29. The van der Waals surface area contributed by atoms with Crippen molar-refractivity contribution in [1.82, 2.24) is 34.4 Å². The monoisotopic (exact) mass is 676 g/mol. The average Bonchev–Trinajstić information content (AvgIpc) is 3.36. The van der Waals surface area contributed by atoms with Crippen LogP contribution in [0.3, 0.4) is 0 Å². The van der Waals surface area contributed by atoms with E-state index in [4.69, 9.17) is 17.3 Å². The van der Waals surface area contributed by atoms with Crippen LogP contribution in [0.1, 0.15) is 55.7 Å². The molecule has 48 heavy (non-hydrogen) atoms. The first kappa shape index (κ1) is 34.2. The Hall–Kier alpha value is -3.67. The van der Waals surface area contributed by atoms with Gasteiger partial charge in [0.1, 0.15) is 0 Å². The minimum absolute atomic E-state index is 0.0343. The van der Waals surface area contributed by atoms with Gasteiger partial charge in [-0.1, -0.05) is 48.0 Å². The SMILES string of the molecule is Cc1cc(C[C@@H](CC(=O)N2CCC(n3nc(-c4ccccc4)[nH]c3=O)CC2)C(=O)N2CCC(N3CCCN(C)CC3)CC2)cc(Cl)c1N. The standard InChI is InChI=1S/C36H49ClN8O3/c1-25-21-26(23-31(37)33(25)38)22-28(35(47)44-17-9-29(10-18-44)42-14-6-13-41(2)19-20-42)24-32(46)43-15-11-30(12-16-43)45-36(48)39-34(40-45)27-7-4-3-5-8-27/h3-5,7-8,21,23,28-30H,6,9-20,22,24,38H2,1-2H3,(H,39,40,48)/t28-/m0/s1. The molecule has 3 N–H and O–H groups in total. The van der Waals surface area contributed by atoms with Crippen LogP contribution < -0.4 is 11.4 Å². The fourth-order valence-corrected chi connectivity index (χ4v) is 7.92. The van der Waals surface area contributed by atoms with Gasteiger partial charge in [-0.25, -0.2) is 9.48 Å². The van der Waals surface area contributed by atoms with Crippen molar-refractivity contribution in [2.75, 3.05) is 65.1 Å². The van der Waals surface area contributed by atoms with Crippen LogP contribution >= 0.6 is 11.6 Å². The Labute approximate surface area is 288 Å². The van der Waals surface area contributed by atoms with E-state index in [1.165, 1.54) is 11.1 Å². The van der Waals surface area contributed by atoms with Crippen LogP contribution in [0.4, 0.5) is 5.69 Å². The summed E-state index contributed by atoms with van der Waals surface area (Å²) in [5.74, 6) is 0.0454. The molecule has 4 heterocycles. The summed E-state index contributed by atoms with van der Waals surface area (Å²) in [6.45, 7) is 8.73. The molecule has 0 saturated carbocycles. The van der Waals surface area contributed by atoms with E-state index >= 15 is 0 Å². The molecule has 0 bridgehead atoms. The maximum Gasteiger partial charge on any atom is 0.343 e. The molecule has 1 atom stereocenters. The number of halogens is 1. The lowest BCUT2D eigenvalue weighted by Crippen LogP contribution is -2.50. The molecule has 12 heteroatoms. The highest BCUT2D eigenvalue weighted by Gasteiger charge is 2.34. The number of nitrogens with two attached hydrogens (primary N) is 1. The number of nitrogens with zero attached hydrogens (tertiary/aromatic N) is 6. The number of nitrogens with one attached hydrogen (secondary N) is 1. The number of aryl methyl sites for hydroxylation is 1. The van der Waals surface area contributed by atoms with E-state index in [2.05, 4.69) is 26.9 Å². The van der Waals surface area contributed by atoms with Crippen molar-refractivity contribution in [3.8, 4) is 11.4 Å². The topological polar surface area (TPSA) is 124 Å². The summed E-state index contributed by atoms with van der Waals surface area (Å²) in [6.07, 6.45) is 4.87. The van der Waals surface area contributed by atoms with Crippen molar-refractivity contribution in [3.05, 3.63) is 69.1 Å². The zero-order chi connectivity index (χ0) is 33.8. The van der Waals surface area contributed by atoms with E-state index in [1.54, 1.807) is 0 Å². The van der Waals surface area contributed by atoms with E-state index in [9.17, 15) is 14.4 Å². The molecule has 3 saturated heterocycles. The van der Waals surface area contributed by atoms with Crippen LogP contribution in [0.2, 0.25) is 5.02 Å². The van der Waals surface area contributed by atoms with Gasteiger partial charge in [0.15, 0.2) is 5.82 Å². The van der Waals surface area contributed by atoms with E-state index in [-0.39, 0.29) is 30.0 Å². The number of likely N-dealkylation sites (N-methyl/N-ethyl adjacent to an activating group) is 1. The second-order valence-corrected chi connectivity index (χ2v) is 14.3. The van der Waals surface area contributed by atoms with Crippen LogP contribution in [-0.4, -0.2) is 112 Å². The second kappa shape index (κ2) is 15.3. The predicted octanol–water partition coefficient (Wildman–Crippen LogP) is 3.82. The van der Waals surface area contributed by atoms with Gasteiger partial charge >= 0.3 is 5.69 Å². The number of nitrogen functional groups attached to an aromatic ring is 1. The molecule has 3 aliphatic rings. The minimum Gasteiger partial charge on any atom is -0.397 e. The molecular formula is C36H49ClN8O3. The van der Waals surface area contributed by atoms with Crippen molar-refractivity contribution in [1.29, 1.82) is 0 Å². The normalized spacial score (nSPS) is 19.7. The van der Waals surface area contributed by atoms with Crippen LogP contribution in [0, 0.1) is 12.8 Å². The molecular weight excluding hydrogens is 628 g/mol. The first-order chi connectivity index (χ1) is 23.2. The Morgan fingerprint density at radius 1 is 0.938 bits per heavy atom. The largest absolute Gasteiger partial charge is 0.397 e. The summed E-state index contributed by atoms with van der Waals surface area (Å²) < 4.78 is 1.52. The molecule has 11 nitrogen and oxygen atoms in total. The Morgan fingerprint density at radius 3 is 2.33 bits per heavy atom. The lowest BCUT2D eigenvalue weighted by Gasteiger charge is -2.39. The van der Waals surface area contributed by atoms with E-state index in [0.29, 0.717) is 68.0 Å². The van der Waals surface area contributed by atoms with Crippen molar-refractivity contribution >= 4 is 29.1 Å². The lowest BCUT2D eigenvalue weighted by molar-refractivity contribution is -0.143. The molecule has 258 valence electrons. The highest BCUT2D eigenvalue weighted by molar-refractivity contribution is 6.33. The smallest absolute Gasteiger partial charge is 0.343 e. The average molecular weight is 677 g/mol. The molecule has 2 amide bonds. The number of aromatic nitrogens is 3. The Morgan fingerprint density at radius 2 is 1.62 bits per heavy atom. The number of benzene rings is 2. The van der Waals surface area contributed by atoms with Gasteiger partial charge in [-0.05, 0) is 82.8 Å². The molecule has 3 aromatic rings. The summed E-state index contributed by atoms with van der Waals surface area (Å²) in [5.41, 5.74) is 9.05. The van der Waals surface area contributed by atoms with E-state index in [1.807, 2.05) is 59.2 Å². The third-order valence-electron chi connectivity index (χ3n) is 10.5. The number of hydrogen-bond donors (Lipinski definition) is 2. The van der Waals surface area contributed by atoms with Crippen LogP contribution in [0.5, 0.6) is 0 Å². The third-order valence-corrected chi connectivity index (χ3v) is 10.9. The lowest BCUT2D eigenvalue weighted by atomic mass is 9.91. The van der Waals surface area contributed by atoms with Gasteiger partial charge in [0, 0.05) is 57.3 Å². The van der Waals surface area contributed by atoms with E-state index < -0.39 is 5.92 Å². The Bertz CT molecular complexity index is 1600. The minimum atomic E-state index is -0.500. The fourth-order valence-electron chi connectivity index (χ4n) is 7.63. The van der Waals surface area contributed by atoms with Gasteiger partial charge in [-0.15, -0.1) is 5.10 Å². The molecule has 3 aliphatic heterocycles. The van der Waals surface area contributed by atoms with Crippen molar-refractivity contribution < 1.29 is 9.59 Å². The number of hydrogen-bond acceptors (Lipinski definition) is 7. The zero-order valence-electron chi connectivity index (χ0n) is 28.2. The summed E-state index contributed by atoms with van der Waals surface area (Å²) in [7, 11) is 2.19. The van der Waals surface area contributed by atoms with Crippen LogP contribution in [0.25, 0.3) is 11.4 Å². The Kier molecular flexibility index (Phi) is 10.9. The van der Waals surface area contributed by atoms with Crippen LogP contribution in [-0.2, 0) is 16.0 Å². The Balaban J connectivity index is 1.10. The van der Waals surface area contributed by atoms with Gasteiger partial charge in [-0.2, -0.15) is 0 Å². The predicted molar refractivity (Wildman–Crippen MR) is 189 cm³/mol. The molecule has 6 rings (SSSR count). The summed E-state index contributed by atoms with van der Waals surface area (Å²) in [4.78, 5) is 52.4. The highest BCUT2D eigenvalue weighted by atomic mass is 35.5. The van der Waals surface area contributed by atoms with Crippen molar-refractivity contribution in [3.63, 3.8) is 0 Å². The maximum absolute atomic E-state index is 14.2. The number of anilines is 1. The summed E-state index contributed by atoms with van der Waals surface area (Å²) in [5, 5.41) is 5.05. The summed E-state index contributed by atoms with van der Waals surface area (Å²) >= 11 is 6.45. The molecule has 2 aromatic carbocycles. The molecule has 0 radical (unpaired) electrons. The first-order valence-corrected chi connectivity index (χ1v) is 17.8. The number of aromatic amines is 1. The molecule has 0 unspecified atom stereocenters. The number of carbonyl (C=O) groups excluding carboxylic acids is 2. The fraction of sp³-hybridized carbons (Fsp3) is 0.556. The van der Waals surface area contributed by atoms with Crippen molar-refractivity contribution in [2.24, 2.45) is 5.92 Å². The molecule has 1 aromatic heterocycles. The number of likely N-dealkylation sites (tertiary alicyclic amines) is 2. The number of amides is 2. The first-order valence-electron chi connectivity index (χ1n) is 17.4. The maximum atomic E-state index is 14.2. The number of rotatable bonds is 8. The van der Waals surface area contributed by atoms with E-state index in [0.717, 1.165) is 55.7 Å². The molecule has 0 spiro atoms. The molecule has 0 aliphatic carbocycles. The van der Waals surface area contributed by atoms with Gasteiger partial charge in [-0.3, -0.25) is 19.5 Å². The van der Waals surface area contributed by atoms with Gasteiger partial charge in [0.25, 0.3) is 0 Å². The quantitative estimate of drug-likeness (QED) is 0.348. The van der Waals surface area contributed by atoms with Gasteiger partial charge < -0.3 is 20.4 Å². The third kappa shape index (κ3) is 7.96. The number of carbonyl (C=O) groups is 2. The summed E-state index contributed by atoms with van der Waals surface area (Å²) in [6, 6.07) is 13.8. The van der Waals surface area contributed by atoms with Gasteiger partial charge in [0.05, 0.1) is 22.7 Å². The van der Waals surface area contributed by atoms with Crippen LogP contribution in [0.15, 0.2) is 47.3 Å². The number of piperidine rings is 2. The van der Waals surface area contributed by atoms with Gasteiger partial charge in [0.2, 0.25) is 11.8 Å². The molecule has 3 fully saturated rings. The second-order valence-electron chi connectivity index (χ2n) is 13.9. The number of H-pyrrole nitrogens is 1. The zero-order valence-corrected chi connectivity index (χ0v) is 29.0.